The van der Waals surface area contributed by atoms with E-state index < -0.39 is 0 Å². The van der Waals surface area contributed by atoms with Crippen LogP contribution in [0.15, 0.2) is 0 Å². The maximum absolute atomic E-state index is 6.05. The molecule has 0 aromatic rings. The van der Waals surface area contributed by atoms with Gasteiger partial charge in [0, 0.05) is 25.7 Å². The number of nitrogens with zero attached hydrogens (tertiary/aromatic N) is 1. The number of hydrogen-bond donors (Lipinski definition) is 1. The second-order valence-corrected chi connectivity index (χ2v) is 5.85. The fourth-order valence-corrected chi connectivity index (χ4v) is 2.51. The van der Waals surface area contributed by atoms with Crippen molar-refractivity contribution in [2.45, 2.75) is 66.0 Å². The second-order valence-electron chi connectivity index (χ2n) is 5.85. The predicted octanol–water partition coefficient (Wildman–Crippen LogP) is 2.89. The first-order valence-electron chi connectivity index (χ1n) is 7.49. The summed E-state index contributed by atoms with van der Waals surface area (Å²) in [7, 11) is 0. The van der Waals surface area contributed by atoms with Gasteiger partial charge in [0.15, 0.2) is 0 Å². The monoisotopic (exact) mass is 258 g/mol. The lowest BCUT2D eigenvalue weighted by Crippen LogP contribution is -2.59. The van der Waals surface area contributed by atoms with E-state index in [1.165, 1.54) is 12.8 Å². The molecule has 0 aliphatic rings. The van der Waals surface area contributed by atoms with Crippen LogP contribution in [0.4, 0.5) is 0 Å². The van der Waals surface area contributed by atoms with Crippen molar-refractivity contribution >= 4 is 0 Å². The van der Waals surface area contributed by atoms with Crippen LogP contribution in [-0.2, 0) is 4.74 Å². The molecule has 0 rings (SSSR count). The summed E-state index contributed by atoms with van der Waals surface area (Å²) in [5, 5.41) is 0. The molecule has 1 atom stereocenters. The van der Waals surface area contributed by atoms with Gasteiger partial charge in [0.05, 0.1) is 12.1 Å². The van der Waals surface area contributed by atoms with E-state index in [9.17, 15) is 0 Å². The lowest BCUT2D eigenvalue weighted by atomic mass is 9.94. The summed E-state index contributed by atoms with van der Waals surface area (Å²) in [4.78, 5) is 2.58. The zero-order valence-corrected chi connectivity index (χ0v) is 13.3. The maximum Gasteiger partial charge on any atom is 0.0660 e. The molecule has 0 amide bonds. The van der Waals surface area contributed by atoms with Gasteiger partial charge in [-0.05, 0) is 32.6 Å². The van der Waals surface area contributed by atoms with E-state index >= 15 is 0 Å². The lowest BCUT2D eigenvalue weighted by Gasteiger charge is -2.46. The highest BCUT2D eigenvalue weighted by molar-refractivity contribution is 4.91. The van der Waals surface area contributed by atoms with Crippen LogP contribution in [0, 0.1) is 5.92 Å². The molecule has 0 aromatic carbocycles. The van der Waals surface area contributed by atoms with E-state index in [2.05, 4.69) is 39.5 Å². The van der Waals surface area contributed by atoms with E-state index in [1.807, 2.05) is 6.92 Å². The molecule has 0 radical (unpaired) electrons. The first kappa shape index (κ1) is 17.9. The van der Waals surface area contributed by atoms with Gasteiger partial charge in [-0.2, -0.15) is 0 Å². The molecule has 2 N–H and O–H groups in total. The largest absolute Gasteiger partial charge is 0.380 e. The minimum atomic E-state index is -0.0447. The molecule has 0 aliphatic heterocycles. The van der Waals surface area contributed by atoms with E-state index in [1.54, 1.807) is 0 Å². The summed E-state index contributed by atoms with van der Waals surface area (Å²) < 4.78 is 5.67. The molecule has 0 saturated carbocycles. The Bertz CT molecular complexity index is 205. The van der Waals surface area contributed by atoms with Crippen molar-refractivity contribution in [2.75, 3.05) is 26.3 Å². The van der Waals surface area contributed by atoms with Gasteiger partial charge in [0.25, 0.3) is 0 Å². The second kappa shape index (κ2) is 8.89. The Balaban J connectivity index is 4.96. The molecule has 0 fully saturated rings. The van der Waals surface area contributed by atoms with Crippen LogP contribution in [0.1, 0.15) is 54.4 Å². The van der Waals surface area contributed by atoms with Gasteiger partial charge >= 0.3 is 0 Å². The van der Waals surface area contributed by atoms with Crippen LogP contribution in [0.5, 0.6) is 0 Å². The molecule has 0 aliphatic carbocycles. The van der Waals surface area contributed by atoms with Crippen molar-refractivity contribution in [3.8, 4) is 0 Å². The molecule has 1 unspecified atom stereocenters. The Kier molecular flexibility index (Phi) is 8.83. The average molecular weight is 258 g/mol. The Morgan fingerprint density at radius 1 is 1.17 bits per heavy atom. The number of hydrogen-bond acceptors (Lipinski definition) is 3. The molecule has 18 heavy (non-hydrogen) atoms. The molecular formula is C15H34N2O. The SMILES string of the molecule is CCOCC(C)(CN)N(CC(C)C)C(CC)CC. The van der Waals surface area contributed by atoms with Crippen molar-refractivity contribution in [2.24, 2.45) is 11.7 Å². The Labute approximate surface area is 114 Å². The molecule has 0 heterocycles. The highest BCUT2D eigenvalue weighted by Gasteiger charge is 2.34. The number of ether oxygens (including phenoxy) is 1. The van der Waals surface area contributed by atoms with Crippen LogP contribution >= 0.6 is 0 Å². The Hall–Kier alpha value is -0.120. The Morgan fingerprint density at radius 3 is 2.06 bits per heavy atom. The van der Waals surface area contributed by atoms with Crippen molar-refractivity contribution < 1.29 is 4.74 Å². The quantitative estimate of drug-likeness (QED) is 0.655. The van der Waals surface area contributed by atoms with E-state index in [4.69, 9.17) is 10.5 Å². The van der Waals surface area contributed by atoms with Gasteiger partial charge in [0.2, 0.25) is 0 Å². The zero-order valence-electron chi connectivity index (χ0n) is 13.3. The van der Waals surface area contributed by atoms with Crippen LogP contribution < -0.4 is 5.73 Å². The van der Waals surface area contributed by atoms with Gasteiger partial charge < -0.3 is 10.5 Å². The van der Waals surface area contributed by atoms with Crippen molar-refractivity contribution in [3.63, 3.8) is 0 Å². The van der Waals surface area contributed by atoms with Crippen molar-refractivity contribution in [1.82, 2.24) is 4.90 Å². The fraction of sp³-hybridized carbons (Fsp3) is 1.00. The molecule has 0 aromatic heterocycles. The van der Waals surface area contributed by atoms with Gasteiger partial charge in [-0.25, -0.2) is 0 Å². The van der Waals surface area contributed by atoms with Gasteiger partial charge in [0.1, 0.15) is 0 Å². The summed E-state index contributed by atoms with van der Waals surface area (Å²) in [6.45, 7) is 16.6. The minimum Gasteiger partial charge on any atom is -0.380 e. The zero-order chi connectivity index (χ0) is 14.2. The summed E-state index contributed by atoms with van der Waals surface area (Å²) in [5.74, 6) is 0.651. The smallest absolute Gasteiger partial charge is 0.0660 e. The third-order valence-electron chi connectivity index (χ3n) is 3.70. The van der Waals surface area contributed by atoms with Crippen molar-refractivity contribution in [3.05, 3.63) is 0 Å². The van der Waals surface area contributed by atoms with Crippen LogP contribution in [-0.4, -0.2) is 42.8 Å². The first-order valence-corrected chi connectivity index (χ1v) is 7.49. The highest BCUT2D eigenvalue weighted by Crippen LogP contribution is 2.23. The normalized spacial score (nSPS) is 15.7. The standard InChI is InChI=1S/C15H34N2O/c1-7-14(8-2)17(10-13(4)5)15(6,11-16)12-18-9-3/h13-14H,7-12,16H2,1-6H3. The van der Waals surface area contributed by atoms with E-state index in [0.717, 1.165) is 19.8 Å². The average Bonchev–Trinajstić information content (AvgIpc) is 2.35. The van der Waals surface area contributed by atoms with E-state index in [0.29, 0.717) is 18.5 Å². The molecule has 3 heteroatoms. The first-order chi connectivity index (χ1) is 8.45. The third kappa shape index (κ3) is 5.25. The summed E-state index contributed by atoms with van der Waals surface area (Å²) >= 11 is 0. The van der Waals surface area contributed by atoms with Crippen LogP contribution in [0.2, 0.25) is 0 Å². The third-order valence-corrected chi connectivity index (χ3v) is 3.70. The maximum atomic E-state index is 6.05. The summed E-state index contributed by atoms with van der Waals surface area (Å²) in [6, 6.07) is 0.599. The van der Waals surface area contributed by atoms with Crippen LogP contribution in [0.25, 0.3) is 0 Å². The molecular weight excluding hydrogens is 224 g/mol. The molecule has 110 valence electrons. The minimum absolute atomic E-state index is 0.0447. The highest BCUT2D eigenvalue weighted by atomic mass is 16.5. The number of rotatable bonds is 10. The molecule has 0 bridgehead atoms. The lowest BCUT2D eigenvalue weighted by molar-refractivity contribution is -0.0219. The summed E-state index contributed by atoms with van der Waals surface area (Å²) in [6.07, 6.45) is 2.34. The van der Waals surface area contributed by atoms with Crippen molar-refractivity contribution in [1.29, 1.82) is 0 Å². The van der Waals surface area contributed by atoms with E-state index in [-0.39, 0.29) is 5.54 Å². The molecule has 0 spiro atoms. The predicted molar refractivity (Wildman–Crippen MR) is 79.9 cm³/mol. The number of nitrogens with two attached hydrogens (primary N) is 1. The van der Waals surface area contributed by atoms with Gasteiger partial charge in [-0.15, -0.1) is 0 Å². The van der Waals surface area contributed by atoms with Gasteiger partial charge in [-0.3, -0.25) is 4.90 Å². The van der Waals surface area contributed by atoms with Crippen LogP contribution in [0.3, 0.4) is 0 Å². The fourth-order valence-electron chi connectivity index (χ4n) is 2.51. The topological polar surface area (TPSA) is 38.5 Å². The van der Waals surface area contributed by atoms with Gasteiger partial charge in [-0.1, -0.05) is 27.7 Å². The molecule has 0 saturated heterocycles. The summed E-state index contributed by atoms with van der Waals surface area (Å²) in [5.41, 5.74) is 6.01. The Morgan fingerprint density at radius 2 is 1.72 bits per heavy atom. The molecule has 3 nitrogen and oxygen atoms in total.